The van der Waals surface area contributed by atoms with Crippen LogP contribution < -0.4 is 0 Å². The molecule has 0 saturated carbocycles. The summed E-state index contributed by atoms with van der Waals surface area (Å²) in [6.45, 7) is 4.09. The second kappa shape index (κ2) is 6.00. The SMILES string of the molecule is COCCN1CCN(S(=O)(=O)CCl)CC1. The monoisotopic (exact) mass is 256 g/mol. The maximum atomic E-state index is 11.4. The summed E-state index contributed by atoms with van der Waals surface area (Å²) in [6.07, 6.45) is 0. The highest BCUT2D eigenvalue weighted by atomic mass is 35.5. The zero-order chi connectivity index (χ0) is 11.3. The molecule has 15 heavy (non-hydrogen) atoms. The van der Waals surface area contributed by atoms with Crippen LogP contribution in [-0.4, -0.2) is 69.3 Å². The summed E-state index contributed by atoms with van der Waals surface area (Å²) in [4.78, 5) is 2.18. The molecule has 0 radical (unpaired) electrons. The number of piperazine rings is 1. The smallest absolute Gasteiger partial charge is 0.228 e. The molecule has 0 spiro atoms. The summed E-state index contributed by atoms with van der Waals surface area (Å²) in [6, 6.07) is 0. The first-order chi connectivity index (χ1) is 7.10. The first kappa shape index (κ1) is 13.2. The normalized spacial score (nSPS) is 20.7. The standard InChI is InChI=1S/C8H17ClN2O3S/c1-14-7-6-10-2-4-11(5-3-10)15(12,13)8-9/h2-8H2,1H3. The van der Waals surface area contributed by atoms with Gasteiger partial charge in [-0.1, -0.05) is 0 Å². The molecule has 0 N–H and O–H groups in total. The molecule has 0 unspecified atom stereocenters. The van der Waals surface area contributed by atoms with Gasteiger partial charge in [-0.25, -0.2) is 8.42 Å². The van der Waals surface area contributed by atoms with E-state index in [1.807, 2.05) is 0 Å². The van der Waals surface area contributed by atoms with Gasteiger partial charge in [-0.3, -0.25) is 4.90 Å². The maximum absolute atomic E-state index is 11.4. The van der Waals surface area contributed by atoms with Crippen molar-refractivity contribution in [3.63, 3.8) is 0 Å². The van der Waals surface area contributed by atoms with Crippen molar-refractivity contribution in [2.24, 2.45) is 0 Å². The maximum Gasteiger partial charge on any atom is 0.228 e. The van der Waals surface area contributed by atoms with Gasteiger partial charge in [0.15, 0.2) is 0 Å². The molecular formula is C8H17ClN2O3S. The van der Waals surface area contributed by atoms with Crippen molar-refractivity contribution >= 4 is 21.6 Å². The Hall–Kier alpha value is 0.120. The van der Waals surface area contributed by atoms with Crippen LogP contribution in [0.2, 0.25) is 0 Å². The molecule has 1 rings (SSSR count). The lowest BCUT2D eigenvalue weighted by atomic mass is 10.4. The number of methoxy groups -OCH3 is 1. The summed E-state index contributed by atoms with van der Waals surface area (Å²) in [5.41, 5.74) is 0. The van der Waals surface area contributed by atoms with Crippen molar-refractivity contribution in [1.29, 1.82) is 0 Å². The number of alkyl halides is 1. The molecule has 90 valence electrons. The van der Waals surface area contributed by atoms with Crippen molar-refractivity contribution < 1.29 is 13.2 Å². The van der Waals surface area contributed by atoms with Crippen molar-refractivity contribution in [3.05, 3.63) is 0 Å². The Morgan fingerprint density at radius 3 is 2.33 bits per heavy atom. The summed E-state index contributed by atoms with van der Waals surface area (Å²) >= 11 is 5.38. The number of sulfonamides is 1. The van der Waals surface area contributed by atoms with E-state index in [-0.39, 0.29) is 5.21 Å². The third-order valence-corrected chi connectivity index (χ3v) is 4.73. The Morgan fingerprint density at radius 1 is 1.27 bits per heavy atom. The van der Waals surface area contributed by atoms with Gasteiger partial charge in [-0.15, -0.1) is 11.6 Å². The van der Waals surface area contributed by atoms with E-state index >= 15 is 0 Å². The molecule has 0 bridgehead atoms. The molecule has 1 heterocycles. The van der Waals surface area contributed by atoms with Gasteiger partial charge in [0.2, 0.25) is 10.0 Å². The molecule has 1 aliphatic heterocycles. The van der Waals surface area contributed by atoms with E-state index < -0.39 is 10.0 Å². The van der Waals surface area contributed by atoms with Gasteiger partial charge in [-0.05, 0) is 0 Å². The fourth-order valence-corrected chi connectivity index (χ4v) is 2.79. The minimum atomic E-state index is -3.22. The first-order valence-corrected chi connectivity index (χ1v) is 6.99. The third kappa shape index (κ3) is 3.88. The van der Waals surface area contributed by atoms with Gasteiger partial charge < -0.3 is 4.74 Å². The van der Waals surface area contributed by atoms with Gasteiger partial charge in [0, 0.05) is 39.8 Å². The van der Waals surface area contributed by atoms with Crippen molar-refractivity contribution in [3.8, 4) is 0 Å². The van der Waals surface area contributed by atoms with Crippen molar-refractivity contribution in [1.82, 2.24) is 9.21 Å². The highest BCUT2D eigenvalue weighted by Gasteiger charge is 2.25. The number of hydrogen-bond donors (Lipinski definition) is 0. The summed E-state index contributed by atoms with van der Waals surface area (Å²) in [5.74, 6) is 0. The molecule has 1 aliphatic rings. The van der Waals surface area contributed by atoms with Gasteiger partial charge in [0.05, 0.1) is 6.61 Å². The minimum Gasteiger partial charge on any atom is -0.383 e. The van der Waals surface area contributed by atoms with Crippen molar-refractivity contribution in [2.45, 2.75) is 0 Å². The summed E-state index contributed by atoms with van der Waals surface area (Å²) < 4.78 is 29.3. The Morgan fingerprint density at radius 2 is 1.87 bits per heavy atom. The number of ether oxygens (including phenoxy) is 1. The van der Waals surface area contributed by atoms with E-state index in [0.29, 0.717) is 19.7 Å². The quantitative estimate of drug-likeness (QED) is 0.638. The molecule has 7 heteroatoms. The Balaban J connectivity index is 2.36. The van der Waals surface area contributed by atoms with E-state index in [1.54, 1.807) is 7.11 Å². The highest BCUT2D eigenvalue weighted by Crippen LogP contribution is 2.08. The molecule has 0 aromatic heterocycles. The van der Waals surface area contributed by atoms with Crippen LogP contribution >= 0.6 is 11.6 Å². The van der Waals surface area contributed by atoms with E-state index in [9.17, 15) is 8.42 Å². The van der Waals surface area contributed by atoms with E-state index in [4.69, 9.17) is 16.3 Å². The molecule has 5 nitrogen and oxygen atoms in total. The van der Waals surface area contributed by atoms with Crippen LogP contribution in [0.25, 0.3) is 0 Å². The molecule has 0 aromatic carbocycles. The van der Waals surface area contributed by atoms with Crippen molar-refractivity contribution in [2.75, 3.05) is 51.7 Å². The predicted molar refractivity (Wildman–Crippen MR) is 59.5 cm³/mol. The number of halogens is 1. The van der Waals surface area contributed by atoms with Crippen LogP contribution in [0.4, 0.5) is 0 Å². The number of rotatable bonds is 5. The van der Waals surface area contributed by atoms with Crippen LogP contribution in [0.3, 0.4) is 0 Å². The number of nitrogens with zero attached hydrogens (tertiary/aromatic N) is 2. The van der Waals surface area contributed by atoms with Gasteiger partial charge in [-0.2, -0.15) is 4.31 Å². The Kier molecular flexibility index (Phi) is 5.28. The van der Waals surface area contributed by atoms with Gasteiger partial charge >= 0.3 is 0 Å². The van der Waals surface area contributed by atoms with Crippen LogP contribution in [0, 0.1) is 0 Å². The predicted octanol–water partition coefficient (Wildman–Crippen LogP) is -0.223. The largest absolute Gasteiger partial charge is 0.383 e. The Bertz CT molecular complexity index is 276. The molecule has 0 aromatic rings. The van der Waals surface area contributed by atoms with Gasteiger partial charge in [0.25, 0.3) is 0 Å². The van der Waals surface area contributed by atoms with Crippen LogP contribution in [0.15, 0.2) is 0 Å². The van der Waals surface area contributed by atoms with Crippen LogP contribution in [-0.2, 0) is 14.8 Å². The first-order valence-electron chi connectivity index (χ1n) is 4.85. The second-order valence-corrected chi connectivity index (χ2v) is 6.01. The lowest BCUT2D eigenvalue weighted by Gasteiger charge is -2.33. The molecular weight excluding hydrogens is 240 g/mol. The molecule has 0 aliphatic carbocycles. The third-order valence-electron chi connectivity index (χ3n) is 2.47. The summed E-state index contributed by atoms with van der Waals surface area (Å²) in [7, 11) is -1.56. The fraction of sp³-hybridized carbons (Fsp3) is 1.00. The average Bonchev–Trinajstić information content (AvgIpc) is 2.27. The van der Waals surface area contributed by atoms with Gasteiger partial charge in [0.1, 0.15) is 5.21 Å². The average molecular weight is 257 g/mol. The summed E-state index contributed by atoms with van der Waals surface area (Å²) in [5, 5.41) is -0.328. The lowest BCUT2D eigenvalue weighted by Crippen LogP contribution is -2.49. The lowest BCUT2D eigenvalue weighted by molar-refractivity contribution is 0.123. The minimum absolute atomic E-state index is 0.328. The molecule has 0 atom stereocenters. The van der Waals surface area contributed by atoms with E-state index in [1.165, 1.54) is 4.31 Å². The second-order valence-electron chi connectivity index (χ2n) is 3.45. The Labute approximate surface area is 96.0 Å². The number of hydrogen-bond acceptors (Lipinski definition) is 4. The molecule has 1 fully saturated rings. The van der Waals surface area contributed by atoms with Crippen LogP contribution in [0.1, 0.15) is 0 Å². The highest BCUT2D eigenvalue weighted by molar-refractivity contribution is 7.90. The fourth-order valence-electron chi connectivity index (χ4n) is 1.52. The molecule has 0 amide bonds. The zero-order valence-electron chi connectivity index (χ0n) is 8.86. The van der Waals surface area contributed by atoms with E-state index in [0.717, 1.165) is 19.6 Å². The van der Waals surface area contributed by atoms with E-state index in [2.05, 4.69) is 4.90 Å². The zero-order valence-corrected chi connectivity index (χ0v) is 10.4. The topological polar surface area (TPSA) is 49.9 Å². The molecule has 1 saturated heterocycles. The van der Waals surface area contributed by atoms with Crippen LogP contribution in [0.5, 0.6) is 0 Å².